The maximum atomic E-state index is 9.96. The summed E-state index contributed by atoms with van der Waals surface area (Å²) in [6.45, 7) is 3.38. The van der Waals surface area contributed by atoms with E-state index in [2.05, 4.69) is 25.9 Å². The third-order valence-electron chi connectivity index (χ3n) is 2.37. The number of hydrogen-bond acceptors (Lipinski definition) is 6. The lowest BCUT2D eigenvalue weighted by Gasteiger charge is -2.10. The monoisotopic (exact) mass is 249 g/mol. The third-order valence-corrected chi connectivity index (χ3v) is 2.37. The van der Waals surface area contributed by atoms with E-state index in [-0.39, 0.29) is 5.75 Å². The first kappa shape index (κ1) is 12.3. The predicted molar refractivity (Wildman–Crippen MR) is 64.0 cm³/mol. The fraction of sp³-hybridized carbons (Fsp3) is 0.364. The second-order valence-electron chi connectivity index (χ2n) is 3.63. The number of ether oxygens (including phenoxy) is 1. The van der Waals surface area contributed by atoms with Gasteiger partial charge < -0.3 is 15.2 Å². The first-order valence-corrected chi connectivity index (χ1v) is 5.68. The molecular formula is C11H15N5O2. The number of aromatic hydroxyl groups is 1. The number of benzene rings is 1. The van der Waals surface area contributed by atoms with Crippen LogP contribution in [0, 0.1) is 0 Å². The van der Waals surface area contributed by atoms with Crippen molar-refractivity contribution in [1.82, 2.24) is 25.9 Å². The van der Waals surface area contributed by atoms with Crippen LogP contribution in [0.2, 0.25) is 0 Å². The van der Waals surface area contributed by atoms with Gasteiger partial charge in [0.05, 0.1) is 13.2 Å². The lowest BCUT2D eigenvalue weighted by molar-refractivity contribution is 0.316. The van der Waals surface area contributed by atoms with E-state index in [9.17, 15) is 5.11 Å². The Labute approximate surface area is 104 Å². The number of tetrazole rings is 1. The zero-order valence-electron chi connectivity index (χ0n) is 10.1. The van der Waals surface area contributed by atoms with Gasteiger partial charge in [-0.3, -0.25) is 0 Å². The number of aromatic nitrogens is 4. The van der Waals surface area contributed by atoms with Crippen LogP contribution in [0.4, 0.5) is 0 Å². The van der Waals surface area contributed by atoms with E-state index in [1.54, 1.807) is 6.07 Å². The molecule has 7 nitrogen and oxygen atoms in total. The number of phenols is 1. The van der Waals surface area contributed by atoms with Crippen LogP contribution in [0.15, 0.2) is 18.2 Å². The number of para-hydroxylation sites is 1. The smallest absolute Gasteiger partial charge is 0.188 e. The predicted octanol–water partition coefficient (Wildman–Crippen LogP) is 0.594. The molecule has 0 aliphatic heterocycles. The van der Waals surface area contributed by atoms with Gasteiger partial charge in [0.25, 0.3) is 0 Å². The molecule has 0 saturated carbocycles. The van der Waals surface area contributed by atoms with Crippen LogP contribution in [-0.4, -0.2) is 32.3 Å². The molecule has 0 atom stereocenters. The Balaban J connectivity index is 1.94. The zero-order chi connectivity index (χ0) is 12.8. The molecule has 0 fully saturated rings. The molecule has 7 heteroatoms. The van der Waals surface area contributed by atoms with E-state index in [1.165, 1.54) is 0 Å². The Morgan fingerprint density at radius 1 is 1.39 bits per heavy atom. The van der Waals surface area contributed by atoms with Crippen LogP contribution >= 0.6 is 0 Å². The maximum absolute atomic E-state index is 9.96. The van der Waals surface area contributed by atoms with Gasteiger partial charge >= 0.3 is 0 Å². The summed E-state index contributed by atoms with van der Waals surface area (Å²) in [6, 6.07) is 5.42. The molecule has 2 aromatic rings. The molecule has 96 valence electrons. The first-order valence-electron chi connectivity index (χ1n) is 5.68. The second-order valence-corrected chi connectivity index (χ2v) is 3.63. The molecule has 0 spiro atoms. The minimum Gasteiger partial charge on any atom is -0.504 e. The zero-order valence-corrected chi connectivity index (χ0v) is 10.1. The van der Waals surface area contributed by atoms with E-state index in [0.29, 0.717) is 31.3 Å². The summed E-state index contributed by atoms with van der Waals surface area (Å²) in [4.78, 5) is 0. The van der Waals surface area contributed by atoms with Crippen molar-refractivity contribution in [3.05, 3.63) is 29.6 Å². The highest BCUT2D eigenvalue weighted by molar-refractivity contribution is 5.45. The van der Waals surface area contributed by atoms with Crippen molar-refractivity contribution in [2.24, 2.45) is 0 Å². The summed E-state index contributed by atoms with van der Waals surface area (Å²) < 4.78 is 5.31. The summed E-state index contributed by atoms with van der Waals surface area (Å²) in [5.74, 6) is 1.24. The van der Waals surface area contributed by atoms with Crippen molar-refractivity contribution in [2.75, 3.05) is 6.61 Å². The van der Waals surface area contributed by atoms with Gasteiger partial charge in [-0.25, -0.2) is 0 Å². The molecule has 18 heavy (non-hydrogen) atoms. The van der Waals surface area contributed by atoms with E-state index < -0.39 is 0 Å². The minimum atomic E-state index is 0.167. The Hall–Kier alpha value is -2.15. The second kappa shape index (κ2) is 5.97. The van der Waals surface area contributed by atoms with Crippen LogP contribution in [0.25, 0.3) is 0 Å². The van der Waals surface area contributed by atoms with Crippen LogP contribution in [0.1, 0.15) is 18.3 Å². The molecule has 0 radical (unpaired) electrons. The molecule has 0 saturated heterocycles. The van der Waals surface area contributed by atoms with Gasteiger partial charge in [0.1, 0.15) is 0 Å². The molecule has 3 N–H and O–H groups in total. The number of aromatic amines is 1. The summed E-state index contributed by atoms with van der Waals surface area (Å²) >= 11 is 0. The molecule has 0 amide bonds. The van der Waals surface area contributed by atoms with Gasteiger partial charge in [-0.05, 0) is 13.0 Å². The Morgan fingerprint density at radius 3 is 3.00 bits per heavy atom. The minimum absolute atomic E-state index is 0.167. The van der Waals surface area contributed by atoms with Crippen LogP contribution in [0.5, 0.6) is 11.5 Å². The largest absolute Gasteiger partial charge is 0.504 e. The van der Waals surface area contributed by atoms with E-state index in [4.69, 9.17) is 4.74 Å². The van der Waals surface area contributed by atoms with Crippen LogP contribution < -0.4 is 10.1 Å². The summed E-state index contributed by atoms with van der Waals surface area (Å²) in [5, 5.41) is 26.5. The number of rotatable bonds is 6. The quantitative estimate of drug-likeness (QED) is 0.693. The van der Waals surface area contributed by atoms with E-state index in [0.717, 1.165) is 5.56 Å². The molecule has 0 aliphatic carbocycles. The number of nitrogens with one attached hydrogen (secondary N) is 2. The molecular weight excluding hydrogens is 234 g/mol. The lowest BCUT2D eigenvalue weighted by atomic mass is 10.2. The highest BCUT2D eigenvalue weighted by atomic mass is 16.5. The van der Waals surface area contributed by atoms with Gasteiger partial charge in [0.15, 0.2) is 17.3 Å². The van der Waals surface area contributed by atoms with Crippen molar-refractivity contribution >= 4 is 0 Å². The standard InChI is InChI=1S/C11H15N5O2/c1-2-18-9-5-3-4-8(11(9)17)6-12-7-10-13-15-16-14-10/h3-5,12,17H,2,6-7H2,1H3,(H,13,14,15,16). The summed E-state index contributed by atoms with van der Waals surface area (Å²) in [7, 11) is 0. The number of hydrogen-bond donors (Lipinski definition) is 3. The van der Waals surface area contributed by atoms with E-state index >= 15 is 0 Å². The van der Waals surface area contributed by atoms with Gasteiger partial charge in [-0.15, -0.1) is 10.2 Å². The molecule has 1 heterocycles. The van der Waals surface area contributed by atoms with Crippen molar-refractivity contribution < 1.29 is 9.84 Å². The van der Waals surface area contributed by atoms with Gasteiger partial charge in [0.2, 0.25) is 0 Å². The fourth-order valence-corrected chi connectivity index (χ4v) is 1.55. The van der Waals surface area contributed by atoms with Crippen molar-refractivity contribution in [3.8, 4) is 11.5 Å². The number of H-pyrrole nitrogens is 1. The van der Waals surface area contributed by atoms with Gasteiger partial charge in [-0.1, -0.05) is 17.3 Å². The lowest BCUT2D eigenvalue weighted by Crippen LogP contribution is -2.14. The van der Waals surface area contributed by atoms with E-state index in [1.807, 2.05) is 19.1 Å². The number of nitrogens with zero attached hydrogens (tertiary/aromatic N) is 3. The Morgan fingerprint density at radius 2 is 2.28 bits per heavy atom. The van der Waals surface area contributed by atoms with Crippen molar-refractivity contribution in [1.29, 1.82) is 0 Å². The molecule has 2 rings (SSSR count). The molecule has 0 bridgehead atoms. The molecule has 0 aliphatic rings. The summed E-state index contributed by atoms with van der Waals surface area (Å²) in [6.07, 6.45) is 0. The number of phenolic OH excluding ortho intramolecular Hbond substituents is 1. The third kappa shape index (κ3) is 2.95. The highest BCUT2D eigenvalue weighted by Crippen LogP contribution is 2.29. The molecule has 1 aromatic heterocycles. The fourth-order valence-electron chi connectivity index (χ4n) is 1.55. The average molecular weight is 249 g/mol. The van der Waals surface area contributed by atoms with Gasteiger partial charge in [-0.2, -0.15) is 5.21 Å². The Bertz CT molecular complexity index is 486. The molecule has 1 aromatic carbocycles. The van der Waals surface area contributed by atoms with Crippen molar-refractivity contribution in [2.45, 2.75) is 20.0 Å². The normalized spacial score (nSPS) is 10.5. The average Bonchev–Trinajstić information content (AvgIpc) is 2.87. The Kier molecular flexibility index (Phi) is 4.08. The SMILES string of the molecule is CCOc1cccc(CNCc2nn[nH]n2)c1O. The highest BCUT2D eigenvalue weighted by Gasteiger charge is 2.07. The van der Waals surface area contributed by atoms with Crippen LogP contribution in [-0.2, 0) is 13.1 Å². The summed E-state index contributed by atoms with van der Waals surface area (Å²) in [5.41, 5.74) is 0.768. The first-order chi connectivity index (χ1) is 8.81. The van der Waals surface area contributed by atoms with Crippen molar-refractivity contribution in [3.63, 3.8) is 0 Å². The molecule has 0 unspecified atom stereocenters. The topological polar surface area (TPSA) is 96.0 Å². The van der Waals surface area contributed by atoms with Gasteiger partial charge in [0, 0.05) is 12.1 Å². The van der Waals surface area contributed by atoms with Crippen LogP contribution in [0.3, 0.4) is 0 Å². The maximum Gasteiger partial charge on any atom is 0.188 e.